The fraction of sp³-hybridized carbons (Fsp3) is 0.636. The zero-order valence-corrected chi connectivity index (χ0v) is 9.55. The molecule has 1 fully saturated rings. The summed E-state index contributed by atoms with van der Waals surface area (Å²) in [7, 11) is 0. The third kappa shape index (κ3) is 2.82. The van der Waals surface area contributed by atoms with Gasteiger partial charge in [-0.05, 0) is 19.8 Å². The normalized spacial score (nSPS) is 16.6. The summed E-state index contributed by atoms with van der Waals surface area (Å²) >= 11 is 0. The largest absolute Gasteiger partial charge is 0.310 e. The van der Waals surface area contributed by atoms with Gasteiger partial charge in [0.2, 0.25) is 5.91 Å². The SMILES string of the molecule is Cc1cn[nH]c1NC(=O)CNC1CCCC1. The lowest BCUT2D eigenvalue weighted by Crippen LogP contribution is -2.34. The average molecular weight is 222 g/mol. The first-order valence-corrected chi connectivity index (χ1v) is 5.79. The van der Waals surface area contributed by atoms with Gasteiger partial charge in [0.25, 0.3) is 0 Å². The van der Waals surface area contributed by atoms with Gasteiger partial charge in [-0.2, -0.15) is 5.10 Å². The van der Waals surface area contributed by atoms with Crippen LogP contribution in [0, 0.1) is 6.92 Å². The maximum atomic E-state index is 11.6. The molecule has 5 heteroatoms. The summed E-state index contributed by atoms with van der Waals surface area (Å²) in [5.74, 6) is 0.678. The van der Waals surface area contributed by atoms with Crippen molar-refractivity contribution < 1.29 is 4.79 Å². The Balaban J connectivity index is 1.74. The molecular weight excluding hydrogens is 204 g/mol. The van der Waals surface area contributed by atoms with Crippen LogP contribution in [0.4, 0.5) is 5.82 Å². The number of amides is 1. The van der Waals surface area contributed by atoms with Gasteiger partial charge in [-0.3, -0.25) is 9.89 Å². The predicted octanol–water partition coefficient (Wildman–Crippen LogP) is 1.19. The standard InChI is InChI=1S/C11H18N4O/c1-8-6-13-15-11(8)14-10(16)7-12-9-4-2-3-5-9/h6,9,12H,2-5,7H2,1H3,(H2,13,14,15,16). The predicted molar refractivity (Wildman–Crippen MR) is 62.2 cm³/mol. The molecule has 1 aromatic heterocycles. The Morgan fingerprint density at radius 1 is 1.56 bits per heavy atom. The molecule has 1 aliphatic rings. The van der Waals surface area contributed by atoms with Gasteiger partial charge in [0.15, 0.2) is 0 Å². The van der Waals surface area contributed by atoms with E-state index in [2.05, 4.69) is 20.8 Å². The summed E-state index contributed by atoms with van der Waals surface area (Å²) in [4.78, 5) is 11.6. The van der Waals surface area contributed by atoms with Gasteiger partial charge in [0.1, 0.15) is 5.82 Å². The molecule has 1 amide bonds. The smallest absolute Gasteiger partial charge is 0.239 e. The number of hydrogen-bond acceptors (Lipinski definition) is 3. The van der Waals surface area contributed by atoms with Crippen LogP contribution in [-0.2, 0) is 4.79 Å². The molecule has 0 bridgehead atoms. The van der Waals surface area contributed by atoms with E-state index < -0.39 is 0 Å². The molecule has 1 saturated carbocycles. The molecule has 0 aromatic carbocycles. The molecule has 0 spiro atoms. The molecular formula is C11H18N4O. The minimum Gasteiger partial charge on any atom is -0.310 e. The Hall–Kier alpha value is -1.36. The van der Waals surface area contributed by atoms with Crippen LogP contribution in [0.1, 0.15) is 31.2 Å². The molecule has 0 saturated heterocycles. The van der Waals surface area contributed by atoms with Crippen LogP contribution < -0.4 is 10.6 Å². The highest BCUT2D eigenvalue weighted by Crippen LogP contribution is 2.17. The minimum absolute atomic E-state index is 0.0146. The number of nitrogens with zero attached hydrogens (tertiary/aromatic N) is 1. The highest BCUT2D eigenvalue weighted by molar-refractivity contribution is 5.91. The zero-order chi connectivity index (χ0) is 11.4. The number of rotatable bonds is 4. The van der Waals surface area contributed by atoms with E-state index in [1.165, 1.54) is 25.7 Å². The van der Waals surface area contributed by atoms with E-state index in [1.807, 2.05) is 6.92 Å². The lowest BCUT2D eigenvalue weighted by molar-refractivity contribution is -0.115. The Morgan fingerprint density at radius 3 is 2.94 bits per heavy atom. The molecule has 1 aliphatic carbocycles. The van der Waals surface area contributed by atoms with Crippen molar-refractivity contribution in [2.45, 2.75) is 38.6 Å². The third-order valence-electron chi connectivity index (χ3n) is 3.00. The fourth-order valence-corrected chi connectivity index (χ4v) is 2.02. The molecule has 2 rings (SSSR count). The molecule has 1 aromatic rings. The summed E-state index contributed by atoms with van der Waals surface area (Å²) < 4.78 is 0. The minimum atomic E-state index is -0.0146. The van der Waals surface area contributed by atoms with Crippen LogP contribution >= 0.6 is 0 Å². The fourth-order valence-electron chi connectivity index (χ4n) is 2.02. The molecule has 0 atom stereocenters. The van der Waals surface area contributed by atoms with Crippen molar-refractivity contribution in [1.82, 2.24) is 15.5 Å². The van der Waals surface area contributed by atoms with Crippen molar-refractivity contribution in [3.05, 3.63) is 11.8 Å². The molecule has 0 radical (unpaired) electrons. The van der Waals surface area contributed by atoms with Gasteiger partial charge in [0.05, 0.1) is 12.7 Å². The van der Waals surface area contributed by atoms with Crippen LogP contribution in [0.3, 0.4) is 0 Å². The van der Waals surface area contributed by atoms with Crippen molar-refractivity contribution in [2.24, 2.45) is 0 Å². The summed E-state index contributed by atoms with van der Waals surface area (Å²) in [5.41, 5.74) is 0.953. The summed E-state index contributed by atoms with van der Waals surface area (Å²) in [6, 6.07) is 0.522. The summed E-state index contributed by atoms with van der Waals surface area (Å²) in [6.45, 7) is 2.28. The van der Waals surface area contributed by atoms with Crippen LogP contribution in [0.5, 0.6) is 0 Å². The van der Waals surface area contributed by atoms with Gasteiger partial charge >= 0.3 is 0 Å². The molecule has 0 aliphatic heterocycles. The quantitative estimate of drug-likeness (QED) is 0.716. The number of aryl methyl sites for hydroxylation is 1. The van der Waals surface area contributed by atoms with Crippen LogP contribution in [0.25, 0.3) is 0 Å². The number of aromatic amines is 1. The molecule has 1 heterocycles. The number of anilines is 1. The van der Waals surface area contributed by atoms with Gasteiger partial charge in [-0.1, -0.05) is 12.8 Å². The maximum absolute atomic E-state index is 11.6. The van der Waals surface area contributed by atoms with Gasteiger partial charge in [-0.15, -0.1) is 0 Å². The Labute approximate surface area is 95.0 Å². The van der Waals surface area contributed by atoms with Crippen molar-refractivity contribution in [3.63, 3.8) is 0 Å². The van der Waals surface area contributed by atoms with E-state index >= 15 is 0 Å². The maximum Gasteiger partial charge on any atom is 0.239 e. The monoisotopic (exact) mass is 222 g/mol. The van der Waals surface area contributed by atoms with Gasteiger partial charge < -0.3 is 10.6 Å². The molecule has 0 unspecified atom stereocenters. The molecule has 88 valence electrons. The number of H-pyrrole nitrogens is 1. The number of carbonyl (C=O) groups excluding carboxylic acids is 1. The average Bonchev–Trinajstić information content (AvgIpc) is 2.88. The summed E-state index contributed by atoms with van der Waals surface area (Å²) in [5, 5.41) is 12.7. The first-order chi connectivity index (χ1) is 7.75. The number of hydrogen-bond donors (Lipinski definition) is 3. The van der Waals surface area contributed by atoms with Gasteiger partial charge in [0, 0.05) is 11.6 Å². The zero-order valence-electron chi connectivity index (χ0n) is 9.55. The Bertz CT molecular complexity index is 355. The molecule has 5 nitrogen and oxygen atoms in total. The van der Waals surface area contributed by atoms with Crippen molar-refractivity contribution in [3.8, 4) is 0 Å². The van der Waals surface area contributed by atoms with Gasteiger partial charge in [-0.25, -0.2) is 0 Å². The number of aromatic nitrogens is 2. The first-order valence-electron chi connectivity index (χ1n) is 5.79. The Kier molecular flexibility index (Phi) is 3.56. The lowest BCUT2D eigenvalue weighted by Gasteiger charge is -2.11. The van der Waals surface area contributed by atoms with Crippen molar-refractivity contribution in [1.29, 1.82) is 0 Å². The highest BCUT2D eigenvalue weighted by atomic mass is 16.2. The third-order valence-corrected chi connectivity index (χ3v) is 3.00. The van der Waals surface area contributed by atoms with E-state index in [0.29, 0.717) is 18.4 Å². The second kappa shape index (κ2) is 5.12. The number of nitrogens with one attached hydrogen (secondary N) is 3. The summed E-state index contributed by atoms with van der Waals surface area (Å²) in [6.07, 6.45) is 6.63. The molecule has 16 heavy (non-hydrogen) atoms. The van der Waals surface area contributed by atoms with Crippen molar-refractivity contribution >= 4 is 11.7 Å². The van der Waals surface area contributed by atoms with Crippen molar-refractivity contribution in [2.75, 3.05) is 11.9 Å². The van der Waals surface area contributed by atoms with E-state index in [1.54, 1.807) is 6.20 Å². The van der Waals surface area contributed by atoms with E-state index in [0.717, 1.165) is 5.56 Å². The molecule has 3 N–H and O–H groups in total. The highest BCUT2D eigenvalue weighted by Gasteiger charge is 2.15. The second-order valence-corrected chi connectivity index (χ2v) is 4.34. The van der Waals surface area contributed by atoms with Crippen LogP contribution in [0.2, 0.25) is 0 Å². The number of carbonyl (C=O) groups is 1. The lowest BCUT2D eigenvalue weighted by atomic mass is 10.2. The topological polar surface area (TPSA) is 69.8 Å². The second-order valence-electron chi connectivity index (χ2n) is 4.34. The van der Waals surface area contributed by atoms with Crippen LogP contribution in [0.15, 0.2) is 6.20 Å². The Morgan fingerprint density at radius 2 is 2.31 bits per heavy atom. The van der Waals surface area contributed by atoms with E-state index in [9.17, 15) is 4.79 Å². The van der Waals surface area contributed by atoms with E-state index in [-0.39, 0.29) is 5.91 Å². The van der Waals surface area contributed by atoms with E-state index in [4.69, 9.17) is 0 Å². The first kappa shape index (κ1) is 11.1. The van der Waals surface area contributed by atoms with Crippen LogP contribution in [-0.4, -0.2) is 28.7 Å².